The van der Waals surface area contributed by atoms with Gasteiger partial charge in [0.2, 0.25) is 0 Å². The zero-order valence-electron chi connectivity index (χ0n) is 35.9. The van der Waals surface area contributed by atoms with Crippen molar-refractivity contribution in [3.63, 3.8) is 0 Å². The van der Waals surface area contributed by atoms with Crippen LogP contribution in [0.3, 0.4) is 0 Å². The second-order valence-corrected chi connectivity index (χ2v) is 18.1. The van der Waals surface area contributed by atoms with E-state index >= 15 is 0 Å². The molecule has 22 nitrogen and oxygen atoms in total. The minimum atomic E-state index is -4.86. The van der Waals surface area contributed by atoms with E-state index in [1.807, 2.05) is 4.72 Å². The molecule has 71 heavy (non-hydrogen) atoms. The summed E-state index contributed by atoms with van der Waals surface area (Å²) < 4.78 is 148. The molecule has 0 atom stereocenters. The molecule has 0 unspecified atom stereocenters. The highest BCUT2D eigenvalue weighted by atomic mass is 35.5. The first-order valence-electron chi connectivity index (χ1n) is 18.6. The van der Waals surface area contributed by atoms with E-state index in [1.54, 1.807) is 24.0 Å². The normalized spacial score (nSPS) is 11.6. The lowest BCUT2D eigenvalue weighted by Crippen LogP contribution is -2.31. The predicted molar refractivity (Wildman–Crippen MR) is 245 cm³/mol. The predicted octanol–water partition coefficient (Wildman–Crippen LogP) is 7.19. The van der Waals surface area contributed by atoms with Crippen molar-refractivity contribution in [3.8, 4) is 17.2 Å². The molecule has 0 aliphatic carbocycles. The Morgan fingerprint density at radius 1 is 0.718 bits per heavy atom. The number of hydrogen-bond donors (Lipinski definition) is 7. The summed E-state index contributed by atoms with van der Waals surface area (Å²) in [7, 11) is -4.48. The Morgan fingerprint density at radius 3 is 1.63 bits per heavy atom. The zero-order chi connectivity index (χ0) is 52.9. The van der Waals surface area contributed by atoms with Gasteiger partial charge in [-0.25, -0.2) is 32.6 Å². The van der Waals surface area contributed by atoms with E-state index in [0.29, 0.717) is 23.5 Å². The lowest BCUT2D eigenvalue weighted by molar-refractivity contribution is -0.252. The van der Waals surface area contributed by atoms with Crippen LogP contribution in [-0.2, 0) is 46.6 Å². The third-order valence-electron chi connectivity index (χ3n) is 8.27. The smallest absolute Gasteiger partial charge is 0.396 e. The van der Waals surface area contributed by atoms with Crippen LogP contribution in [0.1, 0.15) is 21.6 Å². The molecule has 382 valence electrons. The number of sulfonamides is 2. The van der Waals surface area contributed by atoms with E-state index in [9.17, 15) is 48.0 Å². The lowest BCUT2D eigenvalue weighted by atomic mass is 10.2. The van der Waals surface area contributed by atoms with E-state index < -0.39 is 81.4 Å². The van der Waals surface area contributed by atoms with Gasteiger partial charge < -0.3 is 19.9 Å². The number of H-pyrrole nitrogens is 2. The molecule has 0 bridgehead atoms. The second-order valence-electron chi connectivity index (χ2n) is 13.1. The Morgan fingerprint density at radius 2 is 1.21 bits per heavy atom. The van der Waals surface area contributed by atoms with Gasteiger partial charge in [0, 0.05) is 46.1 Å². The molecule has 9 N–H and O–H groups in total. The third kappa shape index (κ3) is 15.8. The van der Waals surface area contributed by atoms with Gasteiger partial charge in [0.25, 0.3) is 32.4 Å². The van der Waals surface area contributed by atoms with Crippen LogP contribution in [0.2, 0.25) is 20.1 Å². The van der Waals surface area contributed by atoms with E-state index in [0.717, 1.165) is 36.5 Å². The van der Waals surface area contributed by atoms with Crippen molar-refractivity contribution < 1.29 is 62.2 Å². The first kappa shape index (κ1) is 57.2. The number of hydrogen-bond acceptors (Lipinski definition) is 16. The molecule has 0 aliphatic rings. The number of methoxy groups -OCH3 is 3. The number of pyridine rings is 2. The topological polar surface area (TPSA) is 315 Å². The molecule has 5 heterocycles. The molecule has 0 spiro atoms. The molecule has 7 aromatic rings. The number of carbonyl (C=O) groups excluding carboxylic acids is 1. The van der Waals surface area contributed by atoms with Crippen molar-refractivity contribution in [2.24, 2.45) is 5.84 Å². The van der Waals surface area contributed by atoms with Crippen LogP contribution in [0.25, 0.3) is 17.2 Å². The van der Waals surface area contributed by atoms with Crippen molar-refractivity contribution in [1.29, 1.82) is 0 Å². The number of ether oxygens (including phenoxy) is 3. The summed E-state index contributed by atoms with van der Waals surface area (Å²) in [5.74, 6) is 4.17. The highest BCUT2D eigenvalue weighted by Gasteiger charge is 2.36. The number of nitrogens with one attached hydrogen (secondary N) is 5. The number of alkyl halides is 6. The number of anilines is 3. The summed E-state index contributed by atoms with van der Waals surface area (Å²) in [6.45, 7) is -0.514. The van der Waals surface area contributed by atoms with E-state index in [-0.39, 0.29) is 32.9 Å². The van der Waals surface area contributed by atoms with E-state index in [1.165, 1.54) is 50.7 Å². The number of hydrazine groups is 1. The van der Waals surface area contributed by atoms with E-state index in [2.05, 4.69) is 59.5 Å². The van der Waals surface area contributed by atoms with Crippen LogP contribution in [0.15, 0.2) is 102 Å². The first-order valence-corrected chi connectivity index (χ1v) is 23.1. The van der Waals surface area contributed by atoms with Gasteiger partial charge in [-0.2, -0.15) is 36.5 Å². The number of rotatable bonds is 12. The number of benzene rings is 2. The Balaban J connectivity index is 0.000000249. The Hall–Kier alpha value is -6.35. The quantitative estimate of drug-likeness (QED) is 0.0209. The standard InChI is InChI=1S/C17H10Cl2F3N7O2S.C13H9Cl2F3N4O3S.C4H10O3.C3H5N3/c18-9-3-14(15(23-5-9)16-27-26-8-29(16)10-6-24-25-7-10)28-32(30,31)11-1-2-13(19)12(4-11)17(20,21)22;14-6-3-10(11(20-5-6)12(23)21-19)22-26(24,25)7-1-2-9(15)8(4-7)13(16,17)18;1-5-4(6-2)7-3;4-3-1-5-6-2-3/h1-8,28H,(H,24,25);1-5,22H,19H2,(H,21,23);4H,1-3H3;1-2H,4H2,(H,5,6). The summed E-state index contributed by atoms with van der Waals surface area (Å²) in [6, 6.07) is 6.58. The van der Waals surface area contributed by atoms with Gasteiger partial charge in [-0.15, -0.1) is 10.2 Å². The number of nitrogens with two attached hydrogens (primary N) is 2. The summed E-state index contributed by atoms with van der Waals surface area (Å²) in [5.41, 5.74) is 4.64. The minimum Gasteiger partial charge on any atom is -0.396 e. The molecule has 0 radical (unpaired) electrons. The number of aromatic nitrogens is 9. The molecule has 2 aromatic carbocycles. The van der Waals surface area contributed by atoms with E-state index in [4.69, 9.17) is 58.0 Å². The molecule has 0 aliphatic heterocycles. The van der Waals surface area contributed by atoms with Gasteiger partial charge in [-0.1, -0.05) is 46.4 Å². The summed E-state index contributed by atoms with van der Waals surface area (Å²) >= 11 is 22.7. The molecule has 1 amide bonds. The fourth-order valence-corrected chi connectivity index (χ4v) is 8.09. The molecule has 0 fully saturated rings. The van der Waals surface area contributed by atoms with Crippen LogP contribution in [0.4, 0.5) is 43.4 Å². The van der Waals surface area contributed by atoms with Gasteiger partial charge in [0.15, 0.2) is 11.5 Å². The minimum absolute atomic E-state index is 0.0247. The third-order valence-corrected chi connectivity index (χ3v) is 12.1. The summed E-state index contributed by atoms with van der Waals surface area (Å²) in [6.07, 6.45) is 0.167. The van der Waals surface area contributed by atoms with Crippen LogP contribution in [0.5, 0.6) is 0 Å². The fraction of sp³-hybridized carbons (Fsp3) is 0.162. The molecule has 0 saturated heterocycles. The summed E-state index contributed by atoms with van der Waals surface area (Å²) in [5, 5.41) is 19.1. The fourth-order valence-electron chi connectivity index (χ4n) is 5.16. The molecule has 5 aromatic heterocycles. The maximum atomic E-state index is 13.2. The van der Waals surface area contributed by atoms with Crippen LogP contribution in [0, 0.1) is 0 Å². The molecule has 7 rings (SSSR count). The molecular weight excluding hydrogens is 1090 g/mol. The second kappa shape index (κ2) is 24.7. The molecule has 0 saturated carbocycles. The van der Waals surface area contributed by atoms with Crippen molar-refractivity contribution in [1.82, 2.24) is 50.6 Å². The number of halogens is 10. The van der Waals surface area contributed by atoms with Gasteiger partial charge in [-0.3, -0.25) is 34.4 Å². The van der Waals surface area contributed by atoms with Gasteiger partial charge >= 0.3 is 12.4 Å². The average Bonchev–Trinajstić information content (AvgIpc) is 4.11. The zero-order valence-corrected chi connectivity index (χ0v) is 40.5. The number of amides is 1. The number of carbonyl (C=O) groups is 1. The number of aromatic amines is 2. The Labute approximate surface area is 417 Å². The van der Waals surface area contributed by atoms with Crippen LogP contribution < -0.4 is 26.4 Å². The maximum absolute atomic E-state index is 13.2. The average molecular weight is 1120 g/mol. The Kier molecular flexibility index (Phi) is 19.9. The molecular formula is C37H34Cl4F6N14O8S2. The van der Waals surface area contributed by atoms with Crippen LogP contribution >= 0.6 is 46.4 Å². The first-order chi connectivity index (χ1) is 33.3. The Bertz CT molecular complexity index is 3110. The van der Waals surface area contributed by atoms with Crippen molar-refractivity contribution in [2.75, 3.05) is 36.5 Å². The van der Waals surface area contributed by atoms with Crippen molar-refractivity contribution in [2.45, 2.75) is 28.6 Å². The highest BCUT2D eigenvalue weighted by Crippen LogP contribution is 2.38. The van der Waals surface area contributed by atoms with Gasteiger partial charge in [-0.05, 0) is 48.5 Å². The lowest BCUT2D eigenvalue weighted by Gasteiger charge is -2.14. The summed E-state index contributed by atoms with van der Waals surface area (Å²) in [4.78, 5) is 18.0. The monoisotopic (exact) mass is 1120 g/mol. The van der Waals surface area contributed by atoms with Crippen LogP contribution in [-0.4, -0.2) is 95.7 Å². The SMILES string of the molecule is COC(OC)OC.NNC(=O)c1ncc(Cl)cc1NS(=O)(=O)c1ccc(Cl)c(C(F)(F)F)c1.Nc1cn[nH]c1.O=S(=O)(Nc1cc(Cl)cnc1-c1nncn1-c1cn[nH]c1)c1ccc(Cl)c(C(F)(F)F)c1. The number of nitrogens with zero attached hydrogens (tertiary/aromatic N) is 7. The molecule has 34 heteroatoms. The van der Waals surface area contributed by atoms with Crippen molar-refractivity contribution in [3.05, 3.63) is 129 Å². The largest absolute Gasteiger partial charge is 0.417 e. The number of nitrogen functional groups attached to an aromatic ring is 2. The van der Waals surface area contributed by atoms with Crippen molar-refractivity contribution >= 4 is 89.4 Å². The van der Waals surface area contributed by atoms with Gasteiger partial charge in [0.05, 0.1) is 76.2 Å². The van der Waals surface area contributed by atoms with Gasteiger partial charge in [0.1, 0.15) is 12.0 Å². The maximum Gasteiger partial charge on any atom is 0.417 e. The highest BCUT2D eigenvalue weighted by molar-refractivity contribution is 7.93.